The van der Waals surface area contributed by atoms with Crippen LogP contribution in [-0.4, -0.2) is 17.0 Å². The minimum Gasteiger partial charge on any atom is -0.373 e. The standard InChI is InChI=1S/C11H9Cl2N3S/c1-14-10-5-11(16-6-15-10)17-7-2-3-8(12)9(13)4-7/h2-6H,1H3,(H,14,15,16). The molecule has 0 fully saturated rings. The maximum absolute atomic E-state index is 5.95. The van der Waals surface area contributed by atoms with Gasteiger partial charge in [-0.05, 0) is 18.2 Å². The molecule has 2 aromatic rings. The van der Waals surface area contributed by atoms with Gasteiger partial charge in [0.05, 0.1) is 10.0 Å². The highest BCUT2D eigenvalue weighted by molar-refractivity contribution is 7.99. The van der Waals surface area contributed by atoms with E-state index in [2.05, 4.69) is 15.3 Å². The van der Waals surface area contributed by atoms with Crippen molar-refractivity contribution in [1.82, 2.24) is 9.97 Å². The molecule has 0 atom stereocenters. The van der Waals surface area contributed by atoms with Crippen LogP contribution in [0, 0.1) is 0 Å². The average molecular weight is 286 g/mol. The zero-order chi connectivity index (χ0) is 12.3. The van der Waals surface area contributed by atoms with Gasteiger partial charge in [-0.15, -0.1) is 0 Å². The van der Waals surface area contributed by atoms with Crippen LogP contribution in [0.25, 0.3) is 0 Å². The van der Waals surface area contributed by atoms with Gasteiger partial charge < -0.3 is 5.32 Å². The Bertz CT molecular complexity index is 534. The Morgan fingerprint density at radius 3 is 2.65 bits per heavy atom. The molecule has 2 rings (SSSR count). The van der Waals surface area contributed by atoms with E-state index in [1.54, 1.807) is 6.07 Å². The van der Waals surface area contributed by atoms with E-state index in [1.807, 2.05) is 25.2 Å². The van der Waals surface area contributed by atoms with Gasteiger partial charge >= 0.3 is 0 Å². The second-order valence-corrected chi connectivity index (χ2v) is 5.08. The molecule has 0 aliphatic heterocycles. The Balaban J connectivity index is 2.22. The Labute approximate surface area is 114 Å². The van der Waals surface area contributed by atoms with Crippen molar-refractivity contribution < 1.29 is 0 Å². The Hall–Kier alpha value is -0.970. The molecule has 1 aromatic carbocycles. The van der Waals surface area contributed by atoms with Gasteiger partial charge in [0.1, 0.15) is 17.2 Å². The number of nitrogens with one attached hydrogen (secondary N) is 1. The molecule has 3 nitrogen and oxygen atoms in total. The van der Waals surface area contributed by atoms with Gasteiger partial charge in [-0.3, -0.25) is 0 Å². The maximum atomic E-state index is 5.95. The predicted molar refractivity (Wildman–Crippen MR) is 72.2 cm³/mol. The van der Waals surface area contributed by atoms with Gasteiger partial charge in [0.15, 0.2) is 0 Å². The molecular formula is C11H9Cl2N3S. The number of hydrogen-bond acceptors (Lipinski definition) is 4. The van der Waals surface area contributed by atoms with Crippen molar-refractivity contribution in [3.8, 4) is 0 Å². The average Bonchev–Trinajstić information content (AvgIpc) is 2.34. The molecule has 1 aromatic heterocycles. The van der Waals surface area contributed by atoms with Crippen LogP contribution in [0.15, 0.2) is 40.5 Å². The lowest BCUT2D eigenvalue weighted by Crippen LogP contribution is -1.93. The third kappa shape index (κ3) is 3.25. The monoisotopic (exact) mass is 285 g/mol. The fourth-order valence-electron chi connectivity index (χ4n) is 1.19. The SMILES string of the molecule is CNc1cc(Sc2ccc(Cl)c(Cl)c2)ncn1. The Morgan fingerprint density at radius 1 is 1.12 bits per heavy atom. The summed E-state index contributed by atoms with van der Waals surface area (Å²) < 4.78 is 0. The van der Waals surface area contributed by atoms with Crippen molar-refractivity contribution >= 4 is 40.8 Å². The van der Waals surface area contributed by atoms with E-state index in [-0.39, 0.29) is 0 Å². The number of aromatic nitrogens is 2. The Kier molecular flexibility index (Phi) is 4.10. The van der Waals surface area contributed by atoms with Crippen LogP contribution in [0.1, 0.15) is 0 Å². The molecule has 0 radical (unpaired) electrons. The fraction of sp³-hybridized carbons (Fsp3) is 0.0909. The molecule has 88 valence electrons. The van der Waals surface area contributed by atoms with E-state index in [1.165, 1.54) is 18.1 Å². The van der Waals surface area contributed by atoms with Crippen LogP contribution < -0.4 is 5.32 Å². The fourth-order valence-corrected chi connectivity index (χ4v) is 2.38. The molecule has 0 amide bonds. The van der Waals surface area contributed by atoms with Gasteiger partial charge in [0.2, 0.25) is 0 Å². The smallest absolute Gasteiger partial charge is 0.130 e. The van der Waals surface area contributed by atoms with Crippen molar-refractivity contribution in [3.05, 3.63) is 40.6 Å². The van der Waals surface area contributed by atoms with E-state index in [9.17, 15) is 0 Å². The molecule has 0 saturated heterocycles. The highest BCUT2D eigenvalue weighted by Gasteiger charge is 2.03. The second kappa shape index (κ2) is 5.58. The summed E-state index contributed by atoms with van der Waals surface area (Å²) in [5, 5.41) is 4.90. The number of halogens is 2. The highest BCUT2D eigenvalue weighted by Crippen LogP contribution is 2.31. The summed E-state index contributed by atoms with van der Waals surface area (Å²) in [6, 6.07) is 7.36. The largest absolute Gasteiger partial charge is 0.373 e. The van der Waals surface area contributed by atoms with E-state index >= 15 is 0 Å². The topological polar surface area (TPSA) is 37.8 Å². The van der Waals surface area contributed by atoms with E-state index in [0.717, 1.165) is 15.7 Å². The first-order valence-corrected chi connectivity index (χ1v) is 6.39. The maximum Gasteiger partial charge on any atom is 0.130 e. The summed E-state index contributed by atoms with van der Waals surface area (Å²) in [5.41, 5.74) is 0. The lowest BCUT2D eigenvalue weighted by Gasteiger charge is -2.04. The number of benzene rings is 1. The Morgan fingerprint density at radius 2 is 1.94 bits per heavy atom. The zero-order valence-electron chi connectivity index (χ0n) is 8.95. The van der Waals surface area contributed by atoms with Crippen molar-refractivity contribution in [2.24, 2.45) is 0 Å². The number of hydrogen-bond donors (Lipinski definition) is 1. The summed E-state index contributed by atoms with van der Waals surface area (Å²) in [6.07, 6.45) is 1.52. The third-order valence-corrected chi connectivity index (χ3v) is 3.67. The predicted octanol–water partition coefficient (Wildman–Crippen LogP) is 3.98. The van der Waals surface area contributed by atoms with Crippen molar-refractivity contribution in [3.63, 3.8) is 0 Å². The van der Waals surface area contributed by atoms with E-state index in [4.69, 9.17) is 23.2 Å². The van der Waals surface area contributed by atoms with Gasteiger partial charge in [0, 0.05) is 18.0 Å². The number of anilines is 1. The summed E-state index contributed by atoms with van der Waals surface area (Å²) >= 11 is 13.3. The molecule has 0 aliphatic carbocycles. The molecule has 6 heteroatoms. The molecule has 0 spiro atoms. The number of rotatable bonds is 3. The summed E-state index contributed by atoms with van der Waals surface area (Å²) in [4.78, 5) is 9.21. The molecule has 0 bridgehead atoms. The normalized spacial score (nSPS) is 10.3. The van der Waals surface area contributed by atoms with Crippen LogP contribution in [0.2, 0.25) is 10.0 Å². The first kappa shape index (κ1) is 12.5. The quantitative estimate of drug-likeness (QED) is 0.866. The lowest BCUT2D eigenvalue weighted by molar-refractivity contribution is 1.05. The summed E-state index contributed by atoms with van der Waals surface area (Å²) in [5.74, 6) is 0.780. The zero-order valence-corrected chi connectivity index (χ0v) is 11.3. The summed E-state index contributed by atoms with van der Waals surface area (Å²) in [7, 11) is 1.82. The minimum absolute atomic E-state index is 0.541. The third-order valence-electron chi connectivity index (χ3n) is 2.01. The van der Waals surface area contributed by atoms with Crippen molar-refractivity contribution in [1.29, 1.82) is 0 Å². The molecule has 1 heterocycles. The number of nitrogens with zero attached hydrogens (tertiary/aromatic N) is 2. The van der Waals surface area contributed by atoms with Crippen molar-refractivity contribution in [2.45, 2.75) is 9.92 Å². The van der Waals surface area contributed by atoms with Gasteiger partial charge in [-0.2, -0.15) is 0 Å². The highest BCUT2D eigenvalue weighted by atomic mass is 35.5. The molecule has 17 heavy (non-hydrogen) atoms. The van der Waals surface area contributed by atoms with E-state index < -0.39 is 0 Å². The molecule has 0 aliphatic rings. The van der Waals surface area contributed by atoms with Gasteiger partial charge in [0.25, 0.3) is 0 Å². The van der Waals surface area contributed by atoms with Crippen LogP contribution >= 0.6 is 35.0 Å². The second-order valence-electron chi connectivity index (χ2n) is 3.17. The first-order valence-electron chi connectivity index (χ1n) is 4.82. The first-order chi connectivity index (χ1) is 8.19. The van der Waals surface area contributed by atoms with Crippen LogP contribution in [-0.2, 0) is 0 Å². The van der Waals surface area contributed by atoms with Crippen LogP contribution in [0.5, 0.6) is 0 Å². The van der Waals surface area contributed by atoms with Crippen LogP contribution in [0.3, 0.4) is 0 Å². The minimum atomic E-state index is 0.541. The molecule has 1 N–H and O–H groups in total. The van der Waals surface area contributed by atoms with Gasteiger partial charge in [-0.25, -0.2) is 9.97 Å². The molecule has 0 unspecified atom stereocenters. The lowest BCUT2D eigenvalue weighted by atomic mass is 10.4. The molecular weight excluding hydrogens is 277 g/mol. The van der Waals surface area contributed by atoms with E-state index in [0.29, 0.717) is 10.0 Å². The van der Waals surface area contributed by atoms with Gasteiger partial charge in [-0.1, -0.05) is 35.0 Å². The summed E-state index contributed by atoms with van der Waals surface area (Å²) in [6.45, 7) is 0. The van der Waals surface area contributed by atoms with Crippen LogP contribution in [0.4, 0.5) is 5.82 Å². The van der Waals surface area contributed by atoms with Crippen molar-refractivity contribution in [2.75, 3.05) is 12.4 Å². The molecule has 0 saturated carbocycles.